The molecule has 1 aromatic carbocycles. The molecule has 9 nitrogen and oxygen atoms in total. The smallest absolute Gasteiger partial charge is 0.325 e. The summed E-state index contributed by atoms with van der Waals surface area (Å²) in [6, 6.07) is 4.70. The summed E-state index contributed by atoms with van der Waals surface area (Å²) in [5, 5.41) is 16.0. The van der Waals surface area contributed by atoms with Crippen molar-refractivity contribution in [2.75, 3.05) is 13.1 Å². The Hall–Kier alpha value is -2.97. The lowest BCUT2D eigenvalue weighted by molar-refractivity contribution is -0.384. The Labute approximate surface area is 150 Å². The van der Waals surface area contributed by atoms with Crippen LogP contribution in [0.25, 0.3) is 0 Å². The number of imide groups is 1. The maximum atomic E-state index is 12.7. The van der Waals surface area contributed by atoms with Crippen molar-refractivity contribution in [3.05, 3.63) is 39.9 Å². The second-order valence-electron chi connectivity index (χ2n) is 6.78. The molecule has 1 aliphatic heterocycles. The number of hydrogen-bond donors (Lipinski definition) is 2. The summed E-state index contributed by atoms with van der Waals surface area (Å²) in [7, 11) is 0. The van der Waals surface area contributed by atoms with Gasteiger partial charge < -0.3 is 10.6 Å². The Balaban J connectivity index is 2.09. The van der Waals surface area contributed by atoms with Crippen LogP contribution in [-0.2, 0) is 15.1 Å². The van der Waals surface area contributed by atoms with Crippen molar-refractivity contribution in [1.29, 1.82) is 0 Å². The van der Waals surface area contributed by atoms with Crippen LogP contribution in [0.1, 0.15) is 32.8 Å². The zero-order chi connectivity index (χ0) is 19.5. The van der Waals surface area contributed by atoms with E-state index in [1.54, 1.807) is 0 Å². The summed E-state index contributed by atoms with van der Waals surface area (Å²) in [5.41, 5.74) is -1.08. The molecule has 26 heavy (non-hydrogen) atoms. The molecule has 0 spiro atoms. The second kappa shape index (κ2) is 7.51. The first-order valence-corrected chi connectivity index (χ1v) is 8.31. The molecule has 4 amide bonds. The summed E-state index contributed by atoms with van der Waals surface area (Å²) >= 11 is 0. The predicted molar refractivity (Wildman–Crippen MR) is 93.2 cm³/mol. The third-order valence-corrected chi connectivity index (χ3v) is 4.28. The van der Waals surface area contributed by atoms with Gasteiger partial charge in [0.15, 0.2) is 0 Å². The number of benzene rings is 1. The van der Waals surface area contributed by atoms with Crippen molar-refractivity contribution in [1.82, 2.24) is 15.5 Å². The van der Waals surface area contributed by atoms with Gasteiger partial charge in [-0.1, -0.05) is 13.8 Å². The average molecular weight is 362 g/mol. The number of hydrogen-bond acceptors (Lipinski definition) is 5. The molecule has 1 aliphatic rings. The van der Waals surface area contributed by atoms with Gasteiger partial charge in [0, 0.05) is 18.7 Å². The molecule has 1 saturated heterocycles. The predicted octanol–water partition coefficient (Wildman–Crippen LogP) is 1.52. The Morgan fingerprint density at radius 2 is 1.92 bits per heavy atom. The molecular formula is C17H22N4O5. The minimum Gasteiger partial charge on any atom is -0.355 e. The third kappa shape index (κ3) is 3.98. The van der Waals surface area contributed by atoms with E-state index in [0.717, 1.165) is 11.3 Å². The van der Waals surface area contributed by atoms with Crippen molar-refractivity contribution < 1.29 is 19.3 Å². The van der Waals surface area contributed by atoms with Gasteiger partial charge in [0.2, 0.25) is 5.91 Å². The maximum Gasteiger partial charge on any atom is 0.325 e. The molecule has 1 heterocycles. The molecule has 1 atom stereocenters. The molecule has 0 saturated carbocycles. The highest BCUT2D eigenvalue weighted by Gasteiger charge is 2.49. The zero-order valence-corrected chi connectivity index (χ0v) is 14.9. The summed E-state index contributed by atoms with van der Waals surface area (Å²) in [4.78, 5) is 47.9. The molecule has 2 rings (SSSR count). The van der Waals surface area contributed by atoms with Gasteiger partial charge in [-0.05, 0) is 37.0 Å². The number of nitrogens with one attached hydrogen (secondary N) is 2. The van der Waals surface area contributed by atoms with Gasteiger partial charge >= 0.3 is 6.03 Å². The van der Waals surface area contributed by atoms with Gasteiger partial charge in [0.1, 0.15) is 12.1 Å². The maximum absolute atomic E-state index is 12.7. The lowest BCUT2D eigenvalue weighted by atomic mass is 9.92. The van der Waals surface area contributed by atoms with Crippen molar-refractivity contribution in [2.45, 2.75) is 32.7 Å². The van der Waals surface area contributed by atoms with Crippen molar-refractivity contribution in [3.8, 4) is 0 Å². The summed E-state index contributed by atoms with van der Waals surface area (Å²) in [6.45, 7) is 5.66. The Morgan fingerprint density at radius 3 is 2.46 bits per heavy atom. The van der Waals surface area contributed by atoms with Crippen LogP contribution in [0.15, 0.2) is 24.3 Å². The largest absolute Gasteiger partial charge is 0.355 e. The third-order valence-electron chi connectivity index (χ3n) is 4.28. The number of amides is 4. The number of urea groups is 1. The van der Waals surface area contributed by atoms with E-state index in [1.807, 2.05) is 13.8 Å². The number of carbonyl (C=O) groups is 3. The topological polar surface area (TPSA) is 122 Å². The fourth-order valence-corrected chi connectivity index (χ4v) is 2.65. The fraction of sp³-hybridized carbons (Fsp3) is 0.471. The molecule has 0 radical (unpaired) electrons. The van der Waals surface area contributed by atoms with Crippen molar-refractivity contribution in [3.63, 3.8) is 0 Å². The minimum atomic E-state index is -1.37. The Kier molecular flexibility index (Phi) is 5.59. The molecule has 0 unspecified atom stereocenters. The van der Waals surface area contributed by atoms with E-state index in [2.05, 4.69) is 10.6 Å². The van der Waals surface area contributed by atoms with Crippen molar-refractivity contribution >= 4 is 23.5 Å². The van der Waals surface area contributed by atoms with Gasteiger partial charge in [0.05, 0.1) is 4.92 Å². The summed E-state index contributed by atoms with van der Waals surface area (Å²) in [5.74, 6) is -0.560. The van der Waals surface area contributed by atoms with E-state index in [1.165, 1.54) is 31.2 Å². The SMILES string of the molecule is CC(C)CCNC(=O)CN1C(=O)N[C@](C)(c2ccc([N+](=O)[O-])cc2)C1=O. The highest BCUT2D eigenvalue weighted by atomic mass is 16.6. The van der Waals surface area contributed by atoms with Crippen LogP contribution >= 0.6 is 0 Å². The molecule has 140 valence electrons. The van der Waals surface area contributed by atoms with Crippen LogP contribution in [0.4, 0.5) is 10.5 Å². The van der Waals surface area contributed by atoms with E-state index < -0.39 is 28.3 Å². The molecule has 2 N–H and O–H groups in total. The van der Waals surface area contributed by atoms with Crippen LogP contribution in [0, 0.1) is 16.0 Å². The van der Waals surface area contributed by atoms with E-state index in [9.17, 15) is 24.5 Å². The number of rotatable bonds is 7. The van der Waals surface area contributed by atoms with Crippen molar-refractivity contribution in [2.24, 2.45) is 5.92 Å². The molecule has 0 aliphatic carbocycles. The first-order valence-electron chi connectivity index (χ1n) is 8.31. The van der Waals surface area contributed by atoms with Crippen LogP contribution in [0.5, 0.6) is 0 Å². The Bertz CT molecular complexity index is 731. The standard InChI is InChI=1S/C17H22N4O5/c1-11(2)8-9-18-14(22)10-20-15(23)17(3,19-16(20)24)12-4-6-13(7-5-12)21(25)26/h4-7,11H,8-10H2,1-3H3,(H,18,22)(H,19,24)/t17-/m1/s1. The first kappa shape index (κ1) is 19.4. The monoisotopic (exact) mass is 362 g/mol. The summed E-state index contributed by atoms with van der Waals surface area (Å²) < 4.78 is 0. The number of nitro groups is 1. The molecule has 9 heteroatoms. The lowest BCUT2D eigenvalue weighted by Gasteiger charge is -2.22. The van der Waals surface area contributed by atoms with Gasteiger partial charge in [-0.3, -0.25) is 24.6 Å². The number of nitro benzene ring substituents is 1. The van der Waals surface area contributed by atoms with Gasteiger partial charge in [-0.25, -0.2) is 4.79 Å². The van der Waals surface area contributed by atoms with Crippen LogP contribution in [0.3, 0.4) is 0 Å². The quantitative estimate of drug-likeness (QED) is 0.433. The molecular weight excluding hydrogens is 340 g/mol. The van der Waals surface area contributed by atoms with Gasteiger partial charge in [-0.15, -0.1) is 0 Å². The molecule has 0 bridgehead atoms. The molecule has 1 aromatic rings. The zero-order valence-electron chi connectivity index (χ0n) is 14.9. The second-order valence-corrected chi connectivity index (χ2v) is 6.78. The summed E-state index contributed by atoms with van der Waals surface area (Å²) in [6.07, 6.45) is 0.798. The highest BCUT2D eigenvalue weighted by Crippen LogP contribution is 2.29. The normalized spacial score (nSPS) is 19.6. The van der Waals surface area contributed by atoms with E-state index in [0.29, 0.717) is 18.0 Å². The number of nitrogens with zero attached hydrogens (tertiary/aromatic N) is 2. The number of non-ortho nitro benzene ring substituents is 1. The van der Waals surface area contributed by atoms with E-state index in [4.69, 9.17) is 0 Å². The van der Waals surface area contributed by atoms with Gasteiger partial charge in [-0.2, -0.15) is 0 Å². The van der Waals surface area contributed by atoms with E-state index >= 15 is 0 Å². The van der Waals surface area contributed by atoms with Crippen LogP contribution in [0.2, 0.25) is 0 Å². The first-order chi connectivity index (χ1) is 12.1. The highest BCUT2D eigenvalue weighted by molar-refractivity contribution is 6.09. The number of carbonyl (C=O) groups excluding carboxylic acids is 3. The van der Waals surface area contributed by atoms with E-state index in [-0.39, 0.29) is 12.2 Å². The fourth-order valence-electron chi connectivity index (χ4n) is 2.65. The molecule has 1 fully saturated rings. The Morgan fingerprint density at radius 1 is 1.31 bits per heavy atom. The minimum absolute atomic E-state index is 0.115. The van der Waals surface area contributed by atoms with Crippen LogP contribution < -0.4 is 10.6 Å². The lowest BCUT2D eigenvalue weighted by Crippen LogP contribution is -2.43. The molecule has 0 aromatic heterocycles. The average Bonchev–Trinajstić information content (AvgIpc) is 2.79. The van der Waals surface area contributed by atoms with Crippen LogP contribution in [-0.4, -0.2) is 40.8 Å². The van der Waals surface area contributed by atoms with Gasteiger partial charge in [0.25, 0.3) is 11.6 Å².